The third kappa shape index (κ3) is 2.76. The van der Waals surface area contributed by atoms with Crippen molar-refractivity contribution in [3.05, 3.63) is 47.2 Å². The standard InChI is InChI=1S/C11H11BrN4/c1-8(11-7-13-2-3-15-11)16-10-4-9(12)5-14-6-10/h2-8,16H,1H3. The van der Waals surface area contributed by atoms with E-state index in [0.29, 0.717) is 0 Å². The van der Waals surface area contributed by atoms with Crippen molar-refractivity contribution in [2.75, 3.05) is 5.32 Å². The minimum atomic E-state index is 0.102. The Morgan fingerprint density at radius 1 is 1.19 bits per heavy atom. The number of hydrogen-bond acceptors (Lipinski definition) is 4. The second kappa shape index (κ2) is 5.03. The van der Waals surface area contributed by atoms with Crippen molar-refractivity contribution < 1.29 is 0 Å². The summed E-state index contributed by atoms with van der Waals surface area (Å²) in [5.74, 6) is 0. The molecule has 4 nitrogen and oxygen atoms in total. The Balaban J connectivity index is 2.11. The molecule has 1 N–H and O–H groups in total. The first kappa shape index (κ1) is 11.0. The van der Waals surface area contributed by atoms with E-state index in [1.54, 1.807) is 31.0 Å². The van der Waals surface area contributed by atoms with Gasteiger partial charge in [0.25, 0.3) is 0 Å². The van der Waals surface area contributed by atoms with Crippen LogP contribution in [0, 0.1) is 0 Å². The van der Waals surface area contributed by atoms with E-state index in [9.17, 15) is 0 Å². The maximum atomic E-state index is 4.24. The van der Waals surface area contributed by atoms with Crippen LogP contribution in [-0.2, 0) is 0 Å². The van der Waals surface area contributed by atoms with E-state index < -0.39 is 0 Å². The summed E-state index contributed by atoms with van der Waals surface area (Å²) in [6.07, 6.45) is 8.63. The van der Waals surface area contributed by atoms with Gasteiger partial charge in [0.1, 0.15) is 0 Å². The molecule has 1 atom stereocenters. The molecule has 0 saturated carbocycles. The number of nitrogens with one attached hydrogen (secondary N) is 1. The predicted molar refractivity (Wildman–Crippen MR) is 66.0 cm³/mol. The van der Waals surface area contributed by atoms with E-state index in [4.69, 9.17) is 0 Å². The smallest absolute Gasteiger partial charge is 0.0806 e. The fraction of sp³-hybridized carbons (Fsp3) is 0.182. The first-order valence-corrected chi connectivity index (χ1v) is 5.68. The number of aromatic nitrogens is 3. The quantitative estimate of drug-likeness (QED) is 0.938. The van der Waals surface area contributed by atoms with Gasteiger partial charge in [-0.3, -0.25) is 15.0 Å². The van der Waals surface area contributed by atoms with Crippen molar-refractivity contribution in [2.24, 2.45) is 0 Å². The molecule has 0 amide bonds. The molecule has 16 heavy (non-hydrogen) atoms. The minimum absolute atomic E-state index is 0.102. The van der Waals surface area contributed by atoms with Crippen LogP contribution in [0.15, 0.2) is 41.5 Å². The Hall–Kier alpha value is -1.49. The number of pyridine rings is 1. The maximum absolute atomic E-state index is 4.24. The summed E-state index contributed by atoms with van der Waals surface area (Å²) in [5.41, 5.74) is 1.86. The highest BCUT2D eigenvalue weighted by Gasteiger charge is 2.06. The van der Waals surface area contributed by atoms with Crippen LogP contribution in [0.4, 0.5) is 5.69 Å². The van der Waals surface area contributed by atoms with Gasteiger partial charge in [-0.05, 0) is 28.9 Å². The van der Waals surface area contributed by atoms with E-state index >= 15 is 0 Å². The molecule has 0 saturated heterocycles. The van der Waals surface area contributed by atoms with Crippen LogP contribution in [0.3, 0.4) is 0 Å². The zero-order valence-corrected chi connectivity index (χ0v) is 10.3. The highest BCUT2D eigenvalue weighted by Crippen LogP contribution is 2.19. The average Bonchev–Trinajstić information content (AvgIpc) is 2.30. The van der Waals surface area contributed by atoms with E-state index in [2.05, 4.69) is 36.2 Å². The van der Waals surface area contributed by atoms with Gasteiger partial charge in [-0.2, -0.15) is 0 Å². The van der Waals surface area contributed by atoms with E-state index in [1.165, 1.54) is 0 Å². The third-order valence-electron chi connectivity index (χ3n) is 2.11. The monoisotopic (exact) mass is 278 g/mol. The van der Waals surface area contributed by atoms with Crippen LogP contribution in [0.25, 0.3) is 0 Å². The number of nitrogens with zero attached hydrogens (tertiary/aromatic N) is 3. The topological polar surface area (TPSA) is 50.7 Å². The number of rotatable bonds is 3. The second-order valence-electron chi connectivity index (χ2n) is 3.39. The fourth-order valence-electron chi connectivity index (χ4n) is 1.35. The lowest BCUT2D eigenvalue weighted by Crippen LogP contribution is -2.08. The van der Waals surface area contributed by atoms with Gasteiger partial charge in [-0.25, -0.2) is 0 Å². The zero-order chi connectivity index (χ0) is 11.4. The summed E-state index contributed by atoms with van der Waals surface area (Å²) in [4.78, 5) is 12.4. The Bertz CT molecular complexity index is 461. The summed E-state index contributed by atoms with van der Waals surface area (Å²) in [5, 5.41) is 3.30. The first-order chi connectivity index (χ1) is 7.75. The molecule has 0 aliphatic rings. The van der Waals surface area contributed by atoms with Gasteiger partial charge in [0, 0.05) is 23.1 Å². The Morgan fingerprint density at radius 2 is 2.06 bits per heavy atom. The highest BCUT2D eigenvalue weighted by molar-refractivity contribution is 9.10. The van der Waals surface area contributed by atoms with Crippen LogP contribution in [-0.4, -0.2) is 15.0 Å². The summed E-state index contributed by atoms with van der Waals surface area (Å²) in [7, 11) is 0. The van der Waals surface area contributed by atoms with Gasteiger partial charge in [0.15, 0.2) is 0 Å². The number of halogens is 1. The van der Waals surface area contributed by atoms with Crippen LogP contribution >= 0.6 is 15.9 Å². The third-order valence-corrected chi connectivity index (χ3v) is 2.55. The van der Waals surface area contributed by atoms with E-state index in [1.807, 2.05) is 13.0 Å². The van der Waals surface area contributed by atoms with Crippen molar-refractivity contribution in [3.63, 3.8) is 0 Å². The molecule has 82 valence electrons. The zero-order valence-electron chi connectivity index (χ0n) is 8.76. The largest absolute Gasteiger partial charge is 0.376 e. The molecular weight excluding hydrogens is 268 g/mol. The molecule has 1 unspecified atom stereocenters. The average molecular weight is 279 g/mol. The Kier molecular flexibility index (Phi) is 3.46. The normalized spacial score (nSPS) is 12.1. The van der Waals surface area contributed by atoms with Gasteiger partial charge in [0.05, 0.1) is 29.8 Å². The molecular formula is C11H11BrN4. The van der Waals surface area contributed by atoms with Crippen LogP contribution in [0.2, 0.25) is 0 Å². The molecule has 2 aromatic rings. The van der Waals surface area contributed by atoms with Crippen molar-refractivity contribution in [2.45, 2.75) is 13.0 Å². The molecule has 0 aromatic carbocycles. The fourth-order valence-corrected chi connectivity index (χ4v) is 1.71. The first-order valence-electron chi connectivity index (χ1n) is 4.88. The summed E-state index contributed by atoms with van der Waals surface area (Å²) >= 11 is 3.38. The molecule has 2 aromatic heterocycles. The van der Waals surface area contributed by atoms with Crippen molar-refractivity contribution >= 4 is 21.6 Å². The van der Waals surface area contributed by atoms with Crippen LogP contribution in [0.1, 0.15) is 18.7 Å². The molecule has 0 spiro atoms. The number of anilines is 1. The Morgan fingerprint density at radius 3 is 2.75 bits per heavy atom. The molecule has 0 aliphatic heterocycles. The van der Waals surface area contributed by atoms with Crippen LogP contribution in [0.5, 0.6) is 0 Å². The molecule has 0 bridgehead atoms. The molecule has 5 heteroatoms. The lowest BCUT2D eigenvalue weighted by atomic mass is 10.2. The molecule has 0 radical (unpaired) electrons. The van der Waals surface area contributed by atoms with Gasteiger partial charge in [-0.15, -0.1) is 0 Å². The van der Waals surface area contributed by atoms with E-state index in [0.717, 1.165) is 15.9 Å². The molecule has 0 aliphatic carbocycles. The SMILES string of the molecule is CC(Nc1cncc(Br)c1)c1cnccn1. The van der Waals surface area contributed by atoms with Crippen molar-refractivity contribution in [1.29, 1.82) is 0 Å². The summed E-state index contributed by atoms with van der Waals surface area (Å²) in [6, 6.07) is 2.07. The van der Waals surface area contributed by atoms with Gasteiger partial charge in [-0.1, -0.05) is 0 Å². The van der Waals surface area contributed by atoms with Crippen molar-refractivity contribution in [1.82, 2.24) is 15.0 Å². The molecule has 0 fully saturated rings. The van der Waals surface area contributed by atoms with Crippen molar-refractivity contribution in [3.8, 4) is 0 Å². The molecule has 2 heterocycles. The Labute approximate surface area is 102 Å². The maximum Gasteiger partial charge on any atom is 0.0806 e. The van der Waals surface area contributed by atoms with Gasteiger partial charge >= 0.3 is 0 Å². The summed E-state index contributed by atoms with van der Waals surface area (Å²) in [6.45, 7) is 2.03. The van der Waals surface area contributed by atoms with Crippen LogP contribution < -0.4 is 5.32 Å². The molecule has 2 rings (SSSR count). The van der Waals surface area contributed by atoms with Gasteiger partial charge in [0.2, 0.25) is 0 Å². The van der Waals surface area contributed by atoms with Gasteiger partial charge < -0.3 is 5.32 Å². The lowest BCUT2D eigenvalue weighted by molar-refractivity contribution is 0.826. The lowest BCUT2D eigenvalue weighted by Gasteiger charge is -2.13. The highest BCUT2D eigenvalue weighted by atomic mass is 79.9. The summed E-state index contributed by atoms with van der Waals surface area (Å²) < 4.78 is 0.948. The minimum Gasteiger partial charge on any atom is -0.376 e. The van der Waals surface area contributed by atoms with E-state index in [-0.39, 0.29) is 6.04 Å². The predicted octanol–water partition coefficient (Wildman–Crippen LogP) is 2.81. The second-order valence-corrected chi connectivity index (χ2v) is 4.30. The number of hydrogen-bond donors (Lipinski definition) is 1.